The minimum absolute atomic E-state index is 0.0145. The molecular weight excluding hydrogens is 700 g/mol. The van der Waals surface area contributed by atoms with Gasteiger partial charge < -0.3 is 39.4 Å². The maximum absolute atomic E-state index is 13.1. The number of anilines is 2. The first-order valence-electron chi connectivity index (χ1n) is 18.6. The number of carbonyl (C=O) groups excluding carboxylic acids is 3. The van der Waals surface area contributed by atoms with Gasteiger partial charge in [0.2, 0.25) is 25.4 Å². The highest BCUT2D eigenvalue weighted by Gasteiger charge is 2.52. The Kier molecular flexibility index (Phi) is 8.61. The van der Waals surface area contributed by atoms with E-state index in [1.807, 2.05) is 84.9 Å². The minimum Gasteiger partial charge on any atom is -0.463 e. The molecule has 10 rings (SSSR count). The molecule has 4 aromatic rings. The van der Waals surface area contributed by atoms with Crippen molar-refractivity contribution in [2.75, 3.05) is 37.4 Å². The summed E-state index contributed by atoms with van der Waals surface area (Å²) in [7, 11) is 0. The monoisotopic (exact) mass is 740 g/mol. The van der Waals surface area contributed by atoms with Gasteiger partial charge in [-0.15, -0.1) is 0 Å². The Labute approximate surface area is 317 Å². The number of benzene rings is 4. The lowest BCUT2D eigenvalue weighted by atomic mass is 9.94. The van der Waals surface area contributed by atoms with Gasteiger partial charge in [-0.2, -0.15) is 0 Å². The van der Waals surface area contributed by atoms with Crippen LogP contribution in [-0.2, 0) is 42.8 Å². The molecule has 11 nitrogen and oxygen atoms in total. The lowest BCUT2D eigenvalue weighted by Crippen LogP contribution is -2.27. The van der Waals surface area contributed by atoms with Crippen molar-refractivity contribution in [1.29, 1.82) is 0 Å². The summed E-state index contributed by atoms with van der Waals surface area (Å²) in [5.41, 5.74) is 8.33. The van der Waals surface area contributed by atoms with Crippen LogP contribution in [-0.4, -0.2) is 49.7 Å². The predicted octanol–water partition coefficient (Wildman–Crippen LogP) is 6.61. The minimum atomic E-state index is -0.522. The molecule has 0 atom stereocenters. The number of hydrogen-bond donors (Lipinski definition) is 3. The Balaban J connectivity index is 0.000000145. The highest BCUT2D eigenvalue weighted by atomic mass is 16.7. The lowest BCUT2D eigenvalue weighted by molar-refractivity contribution is -0.138. The summed E-state index contributed by atoms with van der Waals surface area (Å²) in [5, 5.41) is 15.4. The molecule has 2 heterocycles. The van der Waals surface area contributed by atoms with Gasteiger partial charge in [-0.3, -0.25) is 9.59 Å². The van der Waals surface area contributed by atoms with E-state index in [-0.39, 0.29) is 38.0 Å². The number of carbonyl (C=O) groups is 3. The van der Waals surface area contributed by atoms with Gasteiger partial charge in [-0.25, -0.2) is 4.79 Å². The van der Waals surface area contributed by atoms with Crippen LogP contribution < -0.4 is 29.6 Å². The molecule has 2 amide bonds. The van der Waals surface area contributed by atoms with Crippen LogP contribution in [0.4, 0.5) is 11.4 Å². The molecule has 6 aliphatic rings. The molecule has 2 saturated carbocycles. The van der Waals surface area contributed by atoms with Crippen molar-refractivity contribution in [3.05, 3.63) is 117 Å². The van der Waals surface area contributed by atoms with Crippen LogP contribution in [0.15, 0.2) is 83.9 Å². The first-order valence-corrected chi connectivity index (χ1v) is 18.6. The molecule has 0 saturated heterocycles. The van der Waals surface area contributed by atoms with Crippen LogP contribution >= 0.6 is 0 Å². The predicted molar refractivity (Wildman–Crippen MR) is 204 cm³/mol. The first kappa shape index (κ1) is 34.7. The summed E-state index contributed by atoms with van der Waals surface area (Å²) in [4.78, 5) is 38.0. The second kappa shape index (κ2) is 13.7. The van der Waals surface area contributed by atoms with Gasteiger partial charge in [0.15, 0.2) is 23.0 Å². The molecular formula is C44H40N2O9. The van der Waals surface area contributed by atoms with Crippen molar-refractivity contribution in [1.82, 2.24) is 0 Å². The quantitative estimate of drug-likeness (QED) is 0.162. The fraction of sp³-hybridized carbons (Fsp3) is 0.295. The summed E-state index contributed by atoms with van der Waals surface area (Å²) < 4.78 is 26.7. The van der Waals surface area contributed by atoms with Crippen LogP contribution in [0.1, 0.15) is 66.0 Å². The van der Waals surface area contributed by atoms with E-state index in [4.69, 9.17) is 23.7 Å². The molecule has 4 aromatic carbocycles. The fourth-order valence-corrected chi connectivity index (χ4v) is 7.79. The maximum atomic E-state index is 13.1. The van der Waals surface area contributed by atoms with Gasteiger partial charge in [-0.1, -0.05) is 30.3 Å². The Bertz CT molecular complexity index is 2320. The Morgan fingerprint density at radius 3 is 1.67 bits per heavy atom. The largest absolute Gasteiger partial charge is 0.463 e. The average Bonchev–Trinajstić information content (AvgIpc) is 3.90. The van der Waals surface area contributed by atoms with Crippen LogP contribution in [0.2, 0.25) is 0 Å². The van der Waals surface area contributed by atoms with Crippen molar-refractivity contribution < 1.29 is 43.2 Å². The summed E-state index contributed by atoms with van der Waals surface area (Å²) in [6.07, 6.45) is 8.44. The number of aliphatic hydroxyl groups is 1. The van der Waals surface area contributed by atoms with Crippen molar-refractivity contribution in [3.63, 3.8) is 0 Å². The smallest absolute Gasteiger partial charge is 0.334 e. The Morgan fingerprint density at radius 1 is 0.655 bits per heavy atom. The molecule has 0 aromatic heterocycles. The molecule has 4 aliphatic carbocycles. The third kappa shape index (κ3) is 6.48. The second-order valence-corrected chi connectivity index (χ2v) is 14.7. The standard InChI is InChI=1S/C23H21NO5.C21H19NO4/c1-2-27-21(25)16-9-14-3-5-18(11-15(14)10-16)24-22(26)23(7-8-23)17-4-6-19-20(12-17)29-13-28-19;23-11-13-7-14-1-3-17(9-15(14)8-13)22-20(24)21(5-6-21)16-2-4-18-19(10-16)26-12-25-18/h3-6,10-12H,2,7-9,13H2,1H3,(H,24,26);1-4,8-10,23H,5-7,11-12H2,(H,22,24). The molecule has 2 fully saturated rings. The summed E-state index contributed by atoms with van der Waals surface area (Å²) in [6.45, 7) is 2.67. The Morgan fingerprint density at radius 2 is 1.16 bits per heavy atom. The summed E-state index contributed by atoms with van der Waals surface area (Å²) in [5.74, 6) is 2.55. The molecule has 0 spiro atoms. The van der Waals surface area contributed by atoms with Crippen molar-refractivity contribution in [2.24, 2.45) is 0 Å². The number of rotatable bonds is 9. The number of ether oxygens (including phenoxy) is 5. The fourth-order valence-electron chi connectivity index (χ4n) is 7.79. The first-order chi connectivity index (χ1) is 26.8. The van der Waals surface area contributed by atoms with Gasteiger partial charge in [0.05, 0.1) is 24.0 Å². The van der Waals surface area contributed by atoms with E-state index in [0.717, 1.165) is 82.6 Å². The van der Waals surface area contributed by atoms with Crippen LogP contribution in [0.5, 0.6) is 23.0 Å². The number of fused-ring (bicyclic) bond motifs is 4. The number of nitrogens with one attached hydrogen (secondary N) is 2. The van der Waals surface area contributed by atoms with E-state index in [1.54, 1.807) is 6.92 Å². The van der Waals surface area contributed by atoms with Crippen molar-refractivity contribution in [2.45, 2.75) is 56.3 Å². The van der Waals surface area contributed by atoms with E-state index in [0.29, 0.717) is 35.8 Å². The molecule has 11 heteroatoms. The topological polar surface area (TPSA) is 142 Å². The van der Waals surface area contributed by atoms with Gasteiger partial charge in [0.25, 0.3) is 0 Å². The van der Waals surface area contributed by atoms with Crippen LogP contribution in [0.25, 0.3) is 12.2 Å². The van der Waals surface area contributed by atoms with E-state index in [9.17, 15) is 19.5 Å². The van der Waals surface area contributed by atoms with Crippen LogP contribution in [0.3, 0.4) is 0 Å². The molecule has 0 radical (unpaired) electrons. The molecule has 0 unspecified atom stereocenters. The van der Waals surface area contributed by atoms with Gasteiger partial charge in [0.1, 0.15) is 0 Å². The second-order valence-electron chi connectivity index (χ2n) is 14.7. The SMILES string of the molecule is CCOC(=O)C1=Cc2cc(NC(=O)C3(c4ccc5c(c4)OCO5)CC3)ccc2C1.O=C(Nc1ccc2c(c1)C=C(CO)C2)C1(c2ccc3c(c2)OCO3)CC1. The van der Waals surface area contributed by atoms with Crippen molar-refractivity contribution in [3.8, 4) is 23.0 Å². The molecule has 0 bridgehead atoms. The number of aliphatic hydroxyl groups excluding tert-OH is 1. The highest BCUT2D eigenvalue weighted by molar-refractivity contribution is 6.03. The number of esters is 1. The third-order valence-corrected chi connectivity index (χ3v) is 11.3. The molecule has 55 heavy (non-hydrogen) atoms. The Hall–Kier alpha value is -6.07. The van der Waals surface area contributed by atoms with E-state index < -0.39 is 10.8 Å². The zero-order chi connectivity index (χ0) is 37.7. The summed E-state index contributed by atoms with van der Waals surface area (Å²) in [6, 6.07) is 23.1. The molecule has 3 N–H and O–H groups in total. The lowest BCUT2D eigenvalue weighted by Gasteiger charge is -2.17. The zero-order valence-corrected chi connectivity index (χ0v) is 30.4. The van der Waals surface area contributed by atoms with Crippen molar-refractivity contribution >= 4 is 41.3 Å². The highest BCUT2D eigenvalue weighted by Crippen LogP contribution is 2.52. The van der Waals surface area contributed by atoms with Crippen LogP contribution in [0, 0.1) is 0 Å². The summed E-state index contributed by atoms with van der Waals surface area (Å²) >= 11 is 0. The molecule has 2 aliphatic heterocycles. The van der Waals surface area contributed by atoms with Gasteiger partial charge in [0, 0.05) is 23.4 Å². The van der Waals surface area contributed by atoms with Gasteiger partial charge in [-0.05, 0) is 133 Å². The third-order valence-electron chi connectivity index (χ3n) is 11.3. The van der Waals surface area contributed by atoms with Gasteiger partial charge >= 0.3 is 5.97 Å². The maximum Gasteiger partial charge on any atom is 0.334 e. The molecule has 280 valence electrons. The van der Waals surface area contributed by atoms with E-state index in [1.165, 1.54) is 5.56 Å². The van der Waals surface area contributed by atoms with E-state index in [2.05, 4.69) is 10.6 Å². The number of hydrogen-bond acceptors (Lipinski definition) is 9. The zero-order valence-electron chi connectivity index (χ0n) is 30.4. The number of amides is 2. The normalized spacial score (nSPS) is 17.8. The average molecular weight is 741 g/mol. The van der Waals surface area contributed by atoms with E-state index >= 15 is 0 Å².